The number of piperidine rings is 1. The molecule has 2 aromatic heterocycles. The number of hydrogen-bond acceptors (Lipinski definition) is 10. The summed E-state index contributed by atoms with van der Waals surface area (Å²) in [7, 11) is 0. The Kier molecular flexibility index (Phi) is 8.22. The number of carbonyl (C=O) groups excluding carboxylic acids is 1. The molecule has 2 aliphatic heterocycles. The van der Waals surface area contributed by atoms with Crippen LogP contribution in [0, 0.1) is 11.6 Å². The maximum atomic E-state index is 14.3. The molecule has 11 nitrogen and oxygen atoms in total. The van der Waals surface area contributed by atoms with Crippen LogP contribution in [0.15, 0.2) is 35.1 Å². The van der Waals surface area contributed by atoms with E-state index in [0.29, 0.717) is 56.4 Å². The van der Waals surface area contributed by atoms with Crippen molar-refractivity contribution in [3.8, 4) is 11.5 Å². The molecule has 4 heterocycles. The average Bonchev–Trinajstić information content (AvgIpc) is 3.58. The fraction of sp³-hybridized carbons (Fsp3) is 0.519. The Morgan fingerprint density at radius 1 is 1.12 bits per heavy atom. The van der Waals surface area contributed by atoms with E-state index in [1.807, 2.05) is 25.7 Å². The SMILES string of the molecule is CC(C)OC(=O)N1CCC(O[C@H](C)c2noc(-c3cnc(N4C[C@H](c5cc(F)ccc5F)[C@@H](N)C4)nc3)n2)CC1. The van der Waals surface area contributed by atoms with Crippen LogP contribution in [0.25, 0.3) is 11.5 Å². The number of aromatic nitrogens is 4. The summed E-state index contributed by atoms with van der Waals surface area (Å²) in [6.07, 6.45) is 3.60. The van der Waals surface area contributed by atoms with E-state index in [4.69, 9.17) is 19.7 Å². The highest BCUT2D eigenvalue weighted by Gasteiger charge is 2.34. The Morgan fingerprint density at radius 2 is 1.85 bits per heavy atom. The third-order valence-corrected chi connectivity index (χ3v) is 7.13. The number of benzene rings is 1. The zero-order valence-corrected chi connectivity index (χ0v) is 22.7. The molecule has 3 atom stereocenters. The highest BCUT2D eigenvalue weighted by molar-refractivity contribution is 5.67. The van der Waals surface area contributed by atoms with Crippen LogP contribution in [0.3, 0.4) is 0 Å². The van der Waals surface area contributed by atoms with E-state index in [9.17, 15) is 13.6 Å². The molecule has 40 heavy (non-hydrogen) atoms. The first-order chi connectivity index (χ1) is 19.2. The lowest BCUT2D eigenvalue weighted by atomic mass is 9.94. The van der Waals surface area contributed by atoms with Gasteiger partial charge in [-0.05, 0) is 57.4 Å². The van der Waals surface area contributed by atoms with Crippen LogP contribution in [0.5, 0.6) is 0 Å². The Labute approximate surface area is 230 Å². The minimum Gasteiger partial charge on any atom is -0.447 e. The van der Waals surface area contributed by atoms with Crippen LogP contribution < -0.4 is 10.6 Å². The Morgan fingerprint density at radius 3 is 2.55 bits per heavy atom. The molecule has 2 saturated heterocycles. The van der Waals surface area contributed by atoms with Gasteiger partial charge in [-0.2, -0.15) is 4.98 Å². The van der Waals surface area contributed by atoms with Crippen molar-refractivity contribution in [3.63, 3.8) is 0 Å². The maximum Gasteiger partial charge on any atom is 0.410 e. The van der Waals surface area contributed by atoms with Crippen molar-refractivity contribution < 1.29 is 27.6 Å². The number of carbonyl (C=O) groups is 1. The summed E-state index contributed by atoms with van der Waals surface area (Å²) in [6, 6.07) is 3.00. The predicted octanol–water partition coefficient (Wildman–Crippen LogP) is 3.82. The van der Waals surface area contributed by atoms with Gasteiger partial charge >= 0.3 is 6.09 Å². The molecular weight excluding hydrogens is 524 g/mol. The maximum absolute atomic E-state index is 14.3. The van der Waals surface area contributed by atoms with E-state index in [0.717, 1.165) is 12.1 Å². The van der Waals surface area contributed by atoms with Crippen molar-refractivity contribution in [2.75, 3.05) is 31.1 Å². The number of anilines is 1. The largest absolute Gasteiger partial charge is 0.447 e. The molecule has 214 valence electrons. The molecule has 0 radical (unpaired) electrons. The van der Waals surface area contributed by atoms with Crippen molar-refractivity contribution in [1.82, 2.24) is 25.0 Å². The Balaban J connectivity index is 1.16. The highest BCUT2D eigenvalue weighted by Crippen LogP contribution is 2.31. The van der Waals surface area contributed by atoms with Crippen molar-refractivity contribution >= 4 is 12.0 Å². The minimum atomic E-state index is -0.504. The summed E-state index contributed by atoms with van der Waals surface area (Å²) in [4.78, 5) is 28.9. The molecule has 2 aliphatic rings. The van der Waals surface area contributed by atoms with Crippen molar-refractivity contribution in [2.45, 2.75) is 63.9 Å². The Hall–Kier alpha value is -3.71. The van der Waals surface area contributed by atoms with Crippen LogP contribution in [-0.4, -0.2) is 75.5 Å². The van der Waals surface area contributed by atoms with Gasteiger partial charge < -0.3 is 29.5 Å². The number of ether oxygens (including phenoxy) is 2. The first-order valence-electron chi connectivity index (χ1n) is 13.4. The minimum absolute atomic E-state index is 0.0424. The summed E-state index contributed by atoms with van der Waals surface area (Å²) in [5.41, 5.74) is 7.04. The molecule has 2 fully saturated rings. The standard InChI is InChI=1S/C27H33F2N7O4/c1-15(2)38-27(37)35-8-6-19(7-9-35)39-16(3)24-33-25(40-34-24)17-11-31-26(32-12-17)36-13-21(23(30)14-36)20-10-18(28)4-5-22(20)29/h4-5,10-12,15-16,19,21,23H,6-9,13-14,30H2,1-3H3/t16-,21-,23+/m1/s1. The first-order valence-corrected chi connectivity index (χ1v) is 13.4. The molecule has 0 unspecified atom stereocenters. The van der Waals surface area contributed by atoms with Gasteiger partial charge in [-0.25, -0.2) is 23.5 Å². The van der Waals surface area contributed by atoms with Gasteiger partial charge in [0.1, 0.15) is 17.7 Å². The lowest BCUT2D eigenvalue weighted by Gasteiger charge is -2.32. The topological polar surface area (TPSA) is 133 Å². The second kappa shape index (κ2) is 11.8. The molecule has 5 rings (SSSR count). The van der Waals surface area contributed by atoms with E-state index in [1.54, 1.807) is 17.3 Å². The number of rotatable bonds is 7. The van der Waals surface area contributed by atoms with E-state index in [1.165, 1.54) is 6.07 Å². The van der Waals surface area contributed by atoms with Gasteiger partial charge in [0.25, 0.3) is 5.89 Å². The number of nitrogens with zero attached hydrogens (tertiary/aromatic N) is 6. The number of nitrogens with two attached hydrogens (primary N) is 1. The van der Waals surface area contributed by atoms with Crippen LogP contribution in [0.2, 0.25) is 0 Å². The second-order valence-corrected chi connectivity index (χ2v) is 10.5. The normalized spacial score (nSPS) is 20.8. The van der Waals surface area contributed by atoms with Crippen LogP contribution >= 0.6 is 0 Å². The fourth-order valence-corrected chi connectivity index (χ4v) is 5.03. The van der Waals surface area contributed by atoms with Gasteiger partial charge in [-0.1, -0.05) is 5.16 Å². The molecular formula is C27H33F2N7O4. The van der Waals surface area contributed by atoms with E-state index in [-0.39, 0.29) is 35.7 Å². The molecule has 0 aliphatic carbocycles. The quantitative estimate of drug-likeness (QED) is 0.457. The molecule has 1 amide bonds. The number of halogens is 2. The third-order valence-electron chi connectivity index (χ3n) is 7.13. The molecule has 0 spiro atoms. The summed E-state index contributed by atoms with van der Waals surface area (Å²) in [5, 5.41) is 4.06. The first kappa shape index (κ1) is 27.8. The number of likely N-dealkylation sites (tertiary alicyclic amines) is 1. The van der Waals surface area contributed by atoms with Gasteiger partial charge in [0.15, 0.2) is 0 Å². The molecule has 0 bridgehead atoms. The van der Waals surface area contributed by atoms with Crippen LogP contribution in [0.4, 0.5) is 19.5 Å². The zero-order chi connectivity index (χ0) is 28.4. The number of amides is 1. The molecule has 0 saturated carbocycles. The zero-order valence-electron chi connectivity index (χ0n) is 22.7. The summed E-state index contributed by atoms with van der Waals surface area (Å²) in [5.74, 6) is -0.316. The average molecular weight is 558 g/mol. The van der Waals surface area contributed by atoms with Crippen LogP contribution in [0.1, 0.15) is 57.0 Å². The smallest absolute Gasteiger partial charge is 0.410 e. The lowest BCUT2D eigenvalue weighted by molar-refractivity contribution is -0.0402. The second-order valence-electron chi connectivity index (χ2n) is 10.5. The monoisotopic (exact) mass is 557 g/mol. The number of hydrogen-bond donors (Lipinski definition) is 1. The molecule has 2 N–H and O–H groups in total. The highest BCUT2D eigenvalue weighted by atomic mass is 19.1. The lowest BCUT2D eigenvalue weighted by Crippen LogP contribution is -2.42. The van der Waals surface area contributed by atoms with E-state index < -0.39 is 23.8 Å². The van der Waals surface area contributed by atoms with Crippen molar-refractivity contribution in [2.24, 2.45) is 5.73 Å². The van der Waals surface area contributed by atoms with Crippen LogP contribution in [-0.2, 0) is 9.47 Å². The van der Waals surface area contributed by atoms with Gasteiger partial charge in [0, 0.05) is 50.5 Å². The summed E-state index contributed by atoms with van der Waals surface area (Å²) >= 11 is 0. The third kappa shape index (κ3) is 6.20. The molecule has 3 aromatic rings. The van der Waals surface area contributed by atoms with E-state index >= 15 is 0 Å². The van der Waals surface area contributed by atoms with Gasteiger partial charge in [0.05, 0.1) is 17.8 Å². The summed E-state index contributed by atoms with van der Waals surface area (Å²) < 4.78 is 44.8. The Bertz CT molecular complexity index is 1310. The predicted molar refractivity (Wildman–Crippen MR) is 140 cm³/mol. The van der Waals surface area contributed by atoms with Crippen molar-refractivity contribution in [3.05, 3.63) is 53.6 Å². The van der Waals surface area contributed by atoms with Crippen molar-refractivity contribution in [1.29, 1.82) is 0 Å². The fourth-order valence-electron chi connectivity index (χ4n) is 5.03. The van der Waals surface area contributed by atoms with Gasteiger partial charge in [0.2, 0.25) is 11.8 Å². The van der Waals surface area contributed by atoms with Gasteiger partial charge in [-0.15, -0.1) is 0 Å². The molecule has 1 aromatic carbocycles. The van der Waals surface area contributed by atoms with Gasteiger partial charge in [-0.3, -0.25) is 0 Å². The summed E-state index contributed by atoms with van der Waals surface area (Å²) in [6.45, 7) is 7.38. The molecule has 13 heteroatoms. The van der Waals surface area contributed by atoms with E-state index in [2.05, 4.69) is 20.1 Å².